The van der Waals surface area contributed by atoms with Crippen LogP contribution in [0.15, 0.2) is 0 Å². The number of nitrogens with two attached hydrogens (primary N) is 1. The van der Waals surface area contributed by atoms with Gasteiger partial charge in [0.2, 0.25) is 0 Å². The van der Waals surface area contributed by atoms with E-state index in [1.807, 2.05) is 6.92 Å². The molecule has 1 atom stereocenters. The summed E-state index contributed by atoms with van der Waals surface area (Å²) >= 11 is 0. The summed E-state index contributed by atoms with van der Waals surface area (Å²) < 4.78 is 10.4. The smallest absolute Gasteiger partial charge is 0.142 e. The van der Waals surface area contributed by atoms with Crippen LogP contribution in [-0.2, 0) is 4.57 Å². The topological polar surface area (TPSA) is 43.1 Å². The Bertz CT molecular complexity index is 74.9. The van der Waals surface area contributed by atoms with E-state index in [2.05, 4.69) is 0 Å². The molecule has 0 aromatic carbocycles. The van der Waals surface area contributed by atoms with Crippen molar-refractivity contribution in [3.63, 3.8) is 0 Å². The Kier molecular flexibility index (Phi) is 1.82. The Balaban J connectivity index is 3.48. The highest BCUT2D eigenvalue weighted by atomic mass is 31.2. The van der Waals surface area contributed by atoms with Crippen LogP contribution in [0.4, 0.5) is 0 Å². The van der Waals surface area contributed by atoms with Gasteiger partial charge in [0.1, 0.15) is 7.29 Å². The lowest BCUT2D eigenvalue weighted by molar-refractivity contribution is 0.580. The molecule has 0 spiro atoms. The van der Waals surface area contributed by atoms with Crippen molar-refractivity contribution in [2.24, 2.45) is 5.50 Å². The van der Waals surface area contributed by atoms with Crippen LogP contribution in [0.25, 0.3) is 0 Å². The van der Waals surface area contributed by atoms with Crippen LogP contribution >= 0.6 is 7.29 Å². The average Bonchev–Trinajstić information content (AvgIpc) is 1.35. The third-order valence-electron chi connectivity index (χ3n) is 0.628. The van der Waals surface area contributed by atoms with Crippen molar-refractivity contribution >= 4 is 7.29 Å². The van der Waals surface area contributed by atoms with E-state index in [1.54, 1.807) is 6.66 Å². The Labute approximate surface area is 38.2 Å². The lowest BCUT2D eigenvalue weighted by atomic mass is 11.0. The van der Waals surface area contributed by atoms with Gasteiger partial charge in [0, 0.05) is 12.8 Å². The zero-order chi connectivity index (χ0) is 5.21. The summed E-state index contributed by atoms with van der Waals surface area (Å²) in [6, 6.07) is 0. The average molecular weight is 107 g/mol. The maximum atomic E-state index is 10.4. The Hall–Kier alpha value is 0.190. The van der Waals surface area contributed by atoms with Crippen LogP contribution in [0.2, 0.25) is 0 Å². The molecule has 1 unspecified atom stereocenters. The molecule has 0 heterocycles. The molecular weight excluding hydrogens is 97.0 g/mol. The summed E-state index contributed by atoms with van der Waals surface area (Å²) in [5.74, 6) is 0. The van der Waals surface area contributed by atoms with E-state index in [9.17, 15) is 4.57 Å². The van der Waals surface area contributed by atoms with Gasteiger partial charge in [0.05, 0.1) is 0 Å². The van der Waals surface area contributed by atoms with Crippen LogP contribution in [0.5, 0.6) is 0 Å². The van der Waals surface area contributed by atoms with Crippen LogP contribution in [-0.4, -0.2) is 12.8 Å². The zero-order valence-corrected chi connectivity index (χ0v) is 5.03. The molecule has 3 heteroatoms. The second kappa shape index (κ2) is 1.76. The molecule has 38 valence electrons. The summed E-state index contributed by atoms with van der Waals surface area (Å²) in [6.45, 7) is 3.40. The third kappa shape index (κ3) is 4.19. The summed E-state index contributed by atoms with van der Waals surface area (Å²) in [6.07, 6.45) is 0.604. The first-order valence-corrected chi connectivity index (χ1v) is 4.32. The minimum absolute atomic E-state index is 0.604. The standard InChI is InChI=1S/C3H10NOP/c1-3-6(2,4)5/h3H2,1-2H3,(H2,4,5). The maximum Gasteiger partial charge on any atom is 0.142 e. The number of rotatable bonds is 1. The second-order valence-electron chi connectivity index (χ2n) is 1.49. The fourth-order valence-corrected chi connectivity index (χ4v) is 0. The predicted octanol–water partition coefficient (Wildman–Crippen LogP) is 0.873. The van der Waals surface area contributed by atoms with Crippen LogP contribution < -0.4 is 5.50 Å². The number of hydrogen-bond donors (Lipinski definition) is 1. The summed E-state index contributed by atoms with van der Waals surface area (Å²) in [7, 11) is -2.15. The second-order valence-corrected chi connectivity index (χ2v) is 4.47. The molecule has 2 nitrogen and oxygen atoms in total. The minimum Gasteiger partial charge on any atom is -0.307 e. The first kappa shape index (κ1) is 6.19. The molecule has 0 amide bonds. The van der Waals surface area contributed by atoms with Crippen molar-refractivity contribution in [2.75, 3.05) is 12.8 Å². The normalized spacial score (nSPS) is 19.8. The Morgan fingerprint density at radius 1 is 1.83 bits per heavy atom. The predicted molar refractivity (Wildman–Crippen MR) is 28.3 cm³/mol. The molecule has 0 saturated carbocycles. The minimum atomic E-state index is -2.15. The fourth-order valence-electron chi connectivity index (χ4n) is 0. The Morgan fingerprint density at radius 2 is 2.00 bits per heavy atom. The SMILES string of the molecule is CCP(C)(N)=O. The lowest BCUT2D eigenvalue weighted by Crippen LogP contribution is -1.92. The van der Waals surface area contributed by atoms with Gasteiger partial charge in [0.15, 0.2) is 0 Å². The molecule has 2 N–H and O–H groups in total. The first-order chi connectivity index (χ1) is 2.56. The van der Waals surface area contributed by atoms with E-state index in [1.165, 1.54) is 0 Å². The largest absolute Gasteiger partial charge is 0.307 e. The maximum absolute atomic E-state index is 10.4. The molecule has 0 aromatic heterocycles. The van der Waals surface area contributed by atoms with E-state index < -0.39 is 7.29 Å². The van der Waals surface area contributed by atoms with Crippen molar-refractivity contribution in [1.29, 1.82) is 0 Å². The van der Waals surface area contributed by atoms with E-state index in [0.29, 0.717) is 6.16 Å². The van der Waals surface area contributed by atoms with Crippen molar-refractivity contribution in [3.8, 4) is 0 Å². The van der Waals surface area contributed by atoms with E-state index >= 15 is 0 Å². The zero-order valence-electron chi connectivity index (χ0n) is 4.14. The molecule has 0 aliphatic rings. The summed E-state index contributed by atoms with van der Waals surface area (Å²) in [4.78, 5) is 0. The molecule has 0 fully saturated rings. The van der Waals surface area contributed by atoms with Gasteiger partial charge in [-0.15, -0.1) is 0 Å². The molecule has 0 aromatic rings. The van der Waals surface area contributed by atoms with Crippen LogP contribution in [0.3, 0.4) is 0 Å². The van der Waals surface area contributed by atoms with Gasteiger partial charge in [-0.1, -0.05) is 6.92 Å². The molecule has 6 heavy (non-hydrogen) atoms. The van der Waals surface area contributed by atoms with Crippen LogP contribution in [0.1, 0.15) is 6.92 Å². The highest BCUT2D eigenvalue weighted by molar-refractivity contribution is 7.60. The highest BCUT2D eigenvalue weighted by Gasteiger charge is 1.98. The summed E-state index contributed by atoms with van der Waals surface area (Å²) in [5.41, 5.74) is 5.09. The van der Waals surface area contributed by atoms with E-state index in [-0.39, 0.29) is 0 Å². The van der Waals surface area contributed by atoms with E-state index in [0.717, 1.165) is 0 Å². The van der Waals surface area contributed by atoms with Gasteiger partial charge in [-0.3, -0.25) is 5.50 Å². The molecular formula is C3H10NOP. The van der Waals surface area contributed by atoms with Crippen molar-refractivity contribution < 1.29 is 4.57 Å². The van der Waals surface area contributed by atoms with Crippen molar-refractivity contribution in [2.45, 2.75) is 6.92 Å². The van der Waals surface area contributed by atoms with Gasteiger partial charge < -0.3 is 4.57 Å². The van der Waals surface area contributed by atoms with Crippen molar-refractivity contribution in [3.05, 3.63) is 0 Å². The van der Waals surface area contributed by atoms with Gasteiger partial charge in [-0.25, -0.2) is 0 Å². The lowest BCUT2D eigenvalue weighted by Gasteiger charge is -1.96. The monoisotopic (exact) mass is 107 g/mol. The van der Waals surface area contributed by atoms with E-state index in [4.69, 9.17) is 5.50 Å². The summed E-state index contributed by atoms with van der Waals surface area (Å²) in [5, 5.41) is 0. The molecule has 0 radical (unpaired) electrons. The van der Waals surface area contributed by atoms with Gasteiger partial charge >= 0.3 is 0 Å². The van der Waals surface area contributed by atoms with Gasteiger partial charge in [-0.05, 0) is 0 Å². The first-order valence-electron chi connectivity index (χ1n) is 1.91. The fraction of sp³-hybridized carbons (Fsp3) is 1.00. The quantitative estimate of drug-likeness (QED) is 0.505. The highest BCUT2D eigenvalue weighted by Crippen LogP contribution is 2.28. The van der Waals surface area contributed by atoms with Crippen molar-refractivity contribution in [1.82, 2.24) is 0 Å². The van der Waals surface area contributed by atoms with Gasteiger partial charge in [-0.2, -0.15) is 0 Å². The Morgan fingerprint density at radius 3 is 2.00 bits per heavy atom. The molecule has 0 aliphatic heterocycles. The third-order valence-corrected chi connectivity index (χ3v) is 1.88. The molecule has 0 saturated heterocycles. The van der Waals surface area contributed by atoms with Crippen LogP contribution in [0, 0.1) is 0 Å². The molecule has 0 bridgehead atoms. The molecule has 0 aliphatic carbocycles. The van der Waals surface area contributed by atoms with Gasteiger partial charge in [0.25, 0.3) is 0 Å². The number of hydrogen-bond acceptors (Lipinski definition) is 1. The molecule has 0 rings (SSSR count).